The second-order valence-corrected chi connectivity index (χ2v) is 81.4. The molecule has 0 amide bonds. The smallest absolute Gasteiger partial charge is 0.194 e. The van der Waals surface area contributed by atoms with Crippen LogP contribution in [0.25, 0.3) is 69.7 Å². The highest BCUT2D eigenvalue weighted by Crippen LogP contribution is 2.68. The van der Waals surface area contributed by atoms with E-state index in [1.807, 2.05) is 248 Å². The van der Waals surface area contributed by atoms with Crippen molar-refractivity contribution in [3.63, 3.8) is 0 Å². The van der Waals surface area contributed by atoms with Gasteiger partial charge >= 0.3 is 17.8 Å². The topological polar surface area (TPSA) is 0 Å². The standard InChI is InChI=1S/C41H26F6S8.S34/c1-19-5-9-25(48-19)27-13-15-29(52-27)33-17-23(37(54-33)31-11-7-21(3)50-31)35-36(40(44,45)41(46,47)39(35,42)43)24-18-34(55-38(24)32-12-8-22(4)51-32)30-16-14-28(53-30)26-10-6-20(2)49-26;1-3-5-7-9-11-13-15-17-19-21-23-25-27-29-31-33-34-32-30-28-26-24-22-20-18-16-14-12-10-8-6-4-2/h5-18H,1-4H3;. The van der Waals surface area contributed by atoms with Crippen LogP contribution in [0, 0.1) is 27.7 Å². The van der Waals surface area contributed by atoms with Gasteiger partial charge in [0.2, 0.25) is 0 Å². The summed E-state index contributed by atoms with van der Waals surface area (Å²) in [4.78, 5) is 12.2. The Hall–Kier alpha value is 4.40. The van der Waals surface area contributed by atoms with Crippen molar-refractivity contribution in [3.8, 4) is 58.5 Å². The highest BCUT2D eigenvalue weighted by molar-refractivity contribution is 8.80. The minimum absolute atomic E-state index is 0.258. The lowest BCUT2D eigenvalue weighted by atomic mass is 9.94. The summed E-state index contributed by atoms with van der Waals surface area (Å²) in [6.07, 6.45) is 0. The van der Waals surface area contributed by atoms with Crippen molar-refractivity contribution in [3.05, 3.63) is 116 Å². The Labute approximate surface area is 641 Å². The minimum Gasteiger partial charge on any atom is -0.194 e. The van der Waals surface area contributed by atoms with Crippen LogP contribution >= 0.6 is 90.7 Å². The quantitative estimate of drug-likeness (QED) is 0.139. The van der Waals surface area contributed by atoms with Gasteiger partial charge in [-0.2, -0.15) is 26.3 Å². The van der Waals surface area contributed by atoms with E-state index < -0.39 is 28.9 Å². The van der Waals surface area contributed by atoms with E-state index in [0.717, 1.165) is 71.4 Å². The molecule has 8 aromatic rings. The van der Waals surface area contributed by atoms with Crippen molar-refractivity contribution < 1.29 is 26.3 Å². The van der Waals surface area contributed by atoms with Gasteiger partial charge in [-0.1, -0.05) is 0 Å². The number of allylic oxidation sites excluding steroid dienone is 2. The molecule has 0 unspecified atom stereocenters. The van der Waals surface area contributed by atoms with Crippen molar-refractivity contribution in [1.82, 2.24) is 0 Å². The van der Waals surface area contributed by atoms with Gasteiger partial charge in [0.1, 0.15) is 0 Å². The molecule has 8 heterocycles. The minimum atomic E-state index is -5.69. The number of thiophene rings is 8. The third kappa shape index (κ3) is 23.5. The van der Waals surface area contributed by atoms with Crippen LogP contribution in [0.2, 0.25) is 0 Å². The zero-order valence-corrected chi connectivity index (χ0v) is 77.3. The van der Waals surface area contributed by atoms with E-state index in [9.17, 15) is 0 Å². The van der Waals surface area contributed by atoms with Crippen molar-refractivity contribution in [2.45, 2.75) is 45.5 Å². The van der Waals surface area contributed by atoms with Crippen molar-refractivity contribution >= 4 is 408 Å². The average molecular weight is 1980 g/mol. The Morgan fingerprint density at radius 1 is 0.258 bits per heavy atom. The SMILES string of the molecule is Cc1ccc(-c2ccc(-c3cc(C4=C(c5cc(-c6ccc(-c7ccc(C)s7)s6)sc5-c5ccc(C)s5)C(F)(F)C(F)(F)C4(F)F)c(-c4ccc(C)s4)s3)s2)s1.S=S=S=S=S=S=S=S=S=S=S=S=S=S=S=S=S=S=S=S=S=S=S=S=S=S=S=S=S=S=S=S=S=S. The van der Waals surface area contributed by atoms with Crippen molar-refractivity contribution in [2.75, 3.05) is 0 Å². The lowest BCUT2D eigenvalue weighted by Crippen LogP contribution is -2.48. The molecule has 0 atom stereocenters. The monoisotopic (exact) mass is 1980 g/mol. The molecule has 0 saturated carbocycles. The van der Waals surface area contributed by atoms with Crippen LogP contribution in [0.1, 0.15) is 30.6 Å². The maximum absolute atomic E-state index is 16.6. The van der Waals surface area contributed by atoms with E-state index in [1.54, 1.807) is 141 Å². The van der Waals surface area contributed by atoms with Crippen LogP contribution in [0.5, 0.6) is 0 Å². The summed E-state index contributed by atoms with van der Waals surface area (Å²) in [6, 6.07) is 25.6. The molecule has 0 spiro atoms. The second kappa shape index (κ2) is 41.5. The summed E-state index contributed by atoms with van der Waals surface area (Å²) < 4.78 is 98.5. The van der Waals surface area contributed by atoms with Gasteiger partial charge in [-0.05, 0) is 113 Å². The molecule has 0 fully saturated rings. The summed E-state index contributed by atoms with van der Waals surface area (Å²) in [6.45, 7) is 7.72. The summed E-state index contributed by atoms with van der Waals surface area (Å²) in [7, 11) is 56.4. The number of aryl methyl sites for hydroxylation is 4. The van der Waals surface area contributed by atoms with Gasteiger partial charge in [0.25, 0.3) is 0 Å². The zero-order chi connectivity index (χ0) is 63.2. The van der Waals surface area contributed by atoms with Gasteiger partial charge in [0.15, 0.2) is 0 Å². The van der Waals surface area contributed by atoms with Gasteiger partial charge < -0.3 is 0 Å². The van der Waals surface area contributed by atoms with Crippen LogP contribution < -0.4 is 0 Å². The predicted octanol–water partition coefficient (Wildman–Crippen LogP) is 17.2. The molecule has 0 radical (unpaired) electrons. The van der Waals surface area contributed by atoms with Crippen LogP contribution in [-0.4, -0.2) is 17.8 Å². The molecule has 0 N–H and O–H groups in total. The Morgan fingerprint density at radius 2 is 0.461 bits per heavy atom. The molecule has 1 aliphatic carbocycles. The van der Waals surface area contributed by atoms with Crippen molar-refractivity contribution in [2.24, 2.45) is 0 Å². The normalized spacial score (nSPS) is 12.9. The molecule has 89 heavy (non-hydrogen) atoms. The van der Waals surface area contributed by atoms with E-state index in [1.165, 1.54) is 75.2 Å². The molecule has 48 heteroatoms. The number of hydrogen-bond donors (Lipinski definition) is 0. The fraction of sp³-hybridized carbons (Fsp3) is 0.171. The van der Waals surface area contributed by atoms with Gasteiger partial charge in [-0.15, -0.1) is 90.7 Å². The van der Waals surface area contributed by atoms with Crippen LogP contribution in [-0.2, 0) is 307 Å². The van der Waals surface area contributed by atoms with Gasteiger partial charge in [0.05, 0.1) is 9.75 Å². The molecule has 0 bridgehead atoms. The van der Waals surface area contributed by atoms with Gasteiger partial charge in [-0.25, -0.2) is 0 Å². The summed E-state index contributed by atoms with van der Waals surface area (Å²) >= 11 is 20.7. The predicted molar refractivity (Wildman–Crippen MR) is 480 cm³/mol. The van der Waals surface area contributed by atoms with Gasteiger partial charge in [0, 0.05) is 397 Å². The summed E-state index contributed by atoms with van der Waals surface area (Å²) in [5.41, 5.74) is -3.24. The lowest BCUT2D eigenvalue weighted by molar-refractivity contribution is -0.254. The first-order valence-electron chi connectivity index (χ1n) is 22.3. The molecule has 1 aliphatic rings. The molecule has 0 aromatic carbocycles. The van der Waals surface area contributed by atoms with E-state index in [0.29, 0.717) is 19.5 Å². The maximum Gasteiger partial charge on any atom is 0.380 e. The number of alkyl halides is 6. The maximum atomic E-state index is 16.6. The van der Waals surface area contributed by atoms with Crippen LogP contribution in [0.3, 0.4) is 0 Å². The molecule has 0 aliphatic heterocycles. The molecular weight excluding hydrogens is 1950 g/mol. The third-order valence-electron chi connectivity index (χ3n) is 10.1. The average Bonchev–Trinajstić information content (AvgIpc) is 1.53. The number of hydrogen-bond acceptors (Lipinski definition) is 10. The van der Waals surface area contributed by atoms with E-state index in [4.69, 9.17) is 22.4 Å². The van der Waals surface area contributed by atoms with Gasteiger partial charge in [-0.3, -0.25) is 0 Å². The highest BCUT2D eigenvalue weighted by atomic mass is 33.5. The molecule has 8 aromatic heterocycles. The highest BCUT2D eigenvalue weighted by Gasteiger charge is 2.80. The van der Waals surface area contributed by atoms with E-state index in [2.05, 4.69) is 0 Å². The summed E-state index contributed by atoms with van der Waals surface area (Å²) in [5.74, 6) is -16.1. The Balaban J connectivity index is 0.000000262. The van der Waals surface area contributed by atoms with Crippen LogP contribution in [0.15, 0.2) is 84.9 Å². The van der Waals surface area contributed by atoms with E-state index >= 15 is 26.3 Å². The molecule has 9 rings (SSSR count). The molecule has 0 nitrogen and oxygen atoms in total. The first-order valence-corrected chi connectivity index (χ1v) is 72.8. The fourth-order valence-corrected chi connectivity index (χ4v) is 97.7. The lowest BCUT2D eigenvalue weighted by Gasteiger charge is -2.25. The Morgan fingerprint density at radius 3 is 0.685 bits per heavy atom. The zero-order valence-electron chi connectivity index (χ0n) is 43.0. The largest absolute Gasteiger partial charge is 0.380 e. The summed E-state index contributed by atoms with van der Waals surface area (Å²) in [5, 5.41) is 0. The first-order chi connectivity index (χ1) is 43.0. The third-order valence-corrected chi connectivity index (χ3v) is 88.6. The van der Waals surface area contributed by atoms with Crippen molar-refractivity contribution in [1.29, 1.82) is 0 Å². The number of halogens is 6. The fourth-order valence-electron chi connectivity index (χ4n) is 6.99. The van der Waals surface area contributed by atoms with Crippen LogP contribution in [0.4, 0.5) is 26.3 Å². The Bertz CT molecular complexity index is 5270. The molecule has 0 saturated heterocycles. The molecular formula is C41H26F6S42. The number of rotatable bonds is 8. The second-order valence-electron chi connectivity index (χ2n) is 15.3. The molecule has 484 valence electrons. The van der Waals surface area contributed by atoms with E-state index in [-0.39, 0.29) is 20.9 Å². The Kier molecular flexibility index (Phi) is 36.9. The first kappa shape index (κ1) is 79.1.